The van der Waals surface area contributed by atoms with Crippen LogP contribution in [0.3, 0.4) is 0 Å². The summed E-state index contributed by atoms with van der Waals surface area (Å²) in [5.74, 6) is -0.319. The molecule has 0 amide bonds. The summed E-state index contributed by atoms with van der Waals surface area (Å²) in [4.78, 5) is 0. The van der Waals surface area contributed by atoms with Crippen LogP contribution >= 0.6 is 27.5 Å². The Labute approximate surface area is 201 Å². The van der Waals surface area contributed by atoms with E-state index in [4.69, 9.17) is 16.3 Å². The molecule has 2 heterocycles. The third kappa shape index (κ3) is 3.68. The molecule has 32 heavy (non-hydrogen) atoms. The number of rotatable bonds is 3. The van der Waals surface area contributed by atoms with Crippen molar-refractivity contribution in [3.8, 4) is 5.75 Å². The number of benzene rings is 2. The Kier molecular flexibility index (Phi) is 5.74. The Bertz CT molecular complexity index is 1170. The largest absolute Gasteiger partial charge is 0.480 e. The lowest BCUT2D eigenvalue weighted by Crippen LogP contribution is -2.55. The minimum atomic E-state index is -3.81. The monoisotopic (exact) mass is 545 g/mol. The van der Waals surface area contributed by atoms with Crippen molar-refractivity contribution < 1.29 is 22.7 Å². The molecule has 3 atom stereocenters. The molecule has 0 aromatic heterocycles. The Morgan fingerprint density at radius 3 is 2.50 bits per heavy atom. The molecular weight excluding hydrogens is 521 g/mol. The fourth-order valence-corrected chi connectivity index (χ4v) is 7.08. The van der Waals surface area contributed by atoms with E-state index in [-0.39, 0.29) is 24.4 Å². The Hall–Kier alpha value is -1.19. The van der Waals surface area contributed by atoms with E-state index >= 15 is 0 Å². The summed E-state index contributed by atoms with van der Waals surface area (Å²) in [6.45, 7) is 6.49. The lowest BCUT2D eigenvalue weighted by Gasteiger charge is -2.41. The highest BCUT2D eigenvalue weighted by Crippen LogP contribution is 2.53. The third-order valence-corrected chi connectivity index (χ3v) is 10.3. The summed E-state index contributed by atoms with van der Waals surface area (Å²) >= 11 is 9.53. The van der Waals surface area contributed by atoms with Crippen LogP contribution in [0.4, 0.5) is 4.39 Å². The number of hydrogen-bond donors (Lipinski definition) is 1. The van der Waals surface area contributed by atoms with E-state index in [0.29, 0.717) is 15.8 Å². The normalized spacial score (nSPS) is 28.6. The molecule has 0 saturated carbocycles. The van der Waals surface area contributed by atoms with Crippen LogP contribution in [0.5, 0.6) is 5.75 Å². The first-order valence-electron chi connectivity index (χ1n) is 10.3. The first-order valence-corrected chi connectivity index (χ1v) is 13.0. The van der Waals surface area contributed by atoms with E-state index in [1.54, 1.807) is 27.7 Å². The zero-order chi connectivity index (χ0) is 23.7. The number of ether oxygens (including phenoxy) is 1. The number of aliphatic hydroxyl groups is 1. The van der Waals surface area contributed by atoms with Crippen molar-refractivity contribution in [3.63, 3.8) is 0 Å². The van der Waals surface area contributed by atoms with E-state index in [0.717, 1.165) is 5.56 Å². The van der Waals surface area contributed by atoms with E-state index in [1.807, 2.05) is 30.3 Å². The first-order chi connectivity index (χ1) is 14.7. The minimum Gasteiger partial charge on any atom is -0.480 e. The molecule has 1 fully saturated rings. The van der Waals surface area contributed by atoms with Gasteiger partial charge in [0, 0.05) is 29.1 Å². The number of fused-ring (bicyclic) bond motifs is 1. The SMILES string of the molecule is CC1(O)CC(C2(c3ccccc3)Cc3c(cc(F)c(Cl)c3Br)O2)N(S(=O)(=O)C(C)(C)C)C1. The van der Waals surface area contributed by atoms with Crippen molar-refractivity contribution in [2.24, 2.45) is 0 Å². The molecule has 0 aliphatic carbocycles. The molecule has 2 aliphatic heterocycles. The highest BCUT2D eigenvalue weighted by molar-refractivity contribution is 9.10. The molecule has 2 aromatic carbocycles. The summed E-state index contributed by atoms with van der Waals surface area (Å²) in [5, 5.41) is 10.9. The molecule has 2 aliphatic rings. The van der Waals surface area contributed by atoms with E-state index in [2.05, 4.69) is 15.9 Å². The highest BCUT2D eigenvalue weighted by Gasteiger charge is 2.60. The fraction of sp³-hybridized carbons (Fsp3) is 0.478. The average Bonchev–Trinajstić information content (AvgIpc) is 3.25. The van der Waals surface area contributed by atoms with Gasteiger partial charge < -0.3 is 9.84 Å². The standard InChI is InChI=1S/C23H26BrClFNO4S/c1-21(2,3)32(29,30)27-13-22(4,28)12-18(27)23(14-8-6-5-7-9-14)11-15-17(31-23)10-16(26)20(25)19(15)24/h5-10,18,28H,11-13H2,1-4H3. The number of β-amino-alcohol motifs (C(OH)–C–C–N with tert-alkyl or cyclic N) is 1. The number of halogens is 3. The molecular formula is C23H26BrClFNO4S. The number of nitrogens with zero attached hydrogens (tertiary/aromatic N) is 1. The van der Waals surface area contributed by atoms with Gasteiger partial charge in [0.1, 0.15) is 11.6 Å². The van der Waals surface area contributed by atoms with Crippen molar-refractivity contribution in [1.82, 2.24) is 4.31 Å². The molecule has 2 aromatic rings. The second-order valence-electron chi connectivity index (χ2n) is 9.88. The minimum absolute atomic E-state index is 0.0474. The van der Waals surface area contributed by atoms with Gasteiger partial charge in [0.2, 0.25) is 10.0 Å². The number of sulfonamides is 1. The van der Waals surface area contributed by atoms with Crippen LogP contribution in [0.1, 0.15) is 45.2 Å². The van der Waals surface area contributed by atoms with Gasteiger partial charge in [0.15, 0.2) is 5.60 Å². The topological polar surface area (TPSA) is 66.8 Å². The summed E-state index contributed by atoms with van der Waals surface area (Å²) in [5.41, 5.74) is -0.998. The predicted molar refractivity (Wildman–Crippen MR) is 126 cm³/mol. The van der Waals surface area contributed by atoms with Crippen molar-refractivity contribution in [2.75, 3.05) is 6.54 Å². The molecule has 174 valence electrons. The zero-order valence-electron chi connectivity index (χ0n) is 18.3. The van der Waals surface area contributed by atoms with Crippen LogP contribution in [0.2, 0.25) is 5.02 Å². The van der Waals surface area contributed by atoms with Crippen LogP contribution in [0.25, 0.3) is 0 Å². The third-order valence-electron chi connectivity index (χ3n) is 6.31. The Balaban J connectivity index is 1.93. The predicted octanol–water partition coefficient (Wildman–Crippen LogP) is 5.03. The zero-order valence-corrected chi connectivity index (χ0v) is 21.5. The second kappa shape index (κ2) is 7.67. The van der Waals surface area contributed by atoms with E-state index < -0.39 is 37.8 Å². The molecule has 1 saturated heterocycles. The fourth-order valence-electron chi connectivity index (χ4n) is 4.65. The van der Waals surface area contributed by atoms with Gasteiger partial charge in [-0.2, -0.15) is 4.31 Å². The maximum absolute atomic E-state index is 14.4. The molecule has 3 unspecified atom stereocenters. The molecule has 4 rings (SSSR count). The smallest absolute Gasteiger partial charge is 0.219 e. The quantitative estimate of drug-likeness (QED) is 0.549. The summed E-state index contributed by atoms with van der Waals surface area (Å²) < 4.78 is 48.8. The molecule has 0 spiro atoms. The molecule has 0 radical (unpaired) electrons. The van der Waals surface area contributed by atoms with E-state index in [9.17, 15) is 17.9 Å². The van der Waals surface area contributed by atoms with Crippen LogP contribution in [0, 0.1) is 5.82 Å². The van der Waals surface area contributed by atoms with Gasteiger partial charge in [-0.1, -0.05) is 41.9 Å². The van der Waals surface area contributed by atoms with Crippen LogP contribution < -0.4 is 4.74 Å². The van der Waals surface area contributed by atoms with Crippen LogP contribution in [0.15, 0.2) is 40.9 Å². The number of hydrogen-bond acceptors (Lipinski definition) is 4. The van der Waals surface area contributed by atoms with Gasteiger partial charge in [-0.05, 0) is 55.6 Å². The Morgan fingerprint density at radius 2 is 1.91 bits per heavy atom. The average molecular weight is 547 g/mol. The summed E-state index contributed by atoms with van der Waals surface area (Å²) in [6, 6.07) is 9.82. The van der Waals surface area contributed by atoms with Crippen molar-refractivity contribution in [2.45, 2.75) is 62.5 Å². The molecule has 9 heteroatoms. The molecule has 0 bridgehead atoms. The summed E-state index contributed by atoms with van der Waals surface area (Å²) in [7, 11) is -3.81. The second-order valence-corrected chi connectivity index (χ2v) is 13.7. The van der Waals surface area contributed by atoms with E-state index in [1.165, 1.54) is 10.4 Å². The maximum Gasteiger partial charge on any atom is 0.219 e. The van der Waals surface area contributed by atoms with Crippen molar-refractivity contribution >= 4 is 37.6 Å². The van der Waals surface area contributed by atoms with Crippen molar-refractivity contribution in [3.05, 3.63) is 62.8 Å². The Morgan fingerprint density at radius 1 is 1.28 bits per heavy atom. The van der Waals surface area contributed by atoms with Crippen LogP contribution in [-0.2, 0) is 22.0 Å². The van der Waals surface area contributed by atoms with Gasteiger partial charge in [-0.15, -0.1) is 0 Å². The van der Waals surface area contributed by atoms with Gasteiger partial charge in [-0.3, -0.25) is 0 Å². The summed E-state index contributed by atoms with van der Waals surface area (Å²) in [6.07, 6.45) is 0.433. The lowest BCUT2D eigenvalue weighted by atomic mass is 9.80. The van der Waals surface area contributed by atoms with Gasteiger partial charge in [0.25, 0.3) is 0 Å². The van der Waals surface area contributed by atoms with Gasteiger partial charge in [-0.25, -0.2) is 12.8 Å². The van der Waals surface area contributed by atoms with Gasteiger partial charge in [0.05, 0.1) is 21.4 Å². The van der Waals surface area contributed by atoms with Crippen molar-refractivity contribution in [1.29, 1.82) is 0 Å². The maximum atomic E-state index is 14.4. The lowest BCUT2D eigenvalue weighted by molar-refractivity contribution is 0.0201. The van der Waals surface area contributed by atoms with Gasteiger partial charge >= 0.3 is 0 Å². The highest BCUT2D eigenvalue weighted by atomic mass is 79.9. The first kappa shape index (κ1) is 24.0. The molecule has 5 nitrogen and oxygen atoms in total. The molecule has 1 N–H and O–H groups in total. The van der Waals surface area contributed by atoms with Crippen LogP contribution in [-0.4, -0.2) is 40.8 Å².